The molecule has 0 fully saturated rings. The lowest BCUT2D eigenvalue weighted by Gasteiger charge is -2.26. The number of carbonyl (C=O) groups excluding carboxylic acids is 1. The fraction of sp³-hybridized carbons (Fsp3) is 0.0667. The SMILES string of the molecule is N#CC1=C(N)Oc2cc(OC(=O)c3cccc([N+](=O)[O-])c3)ccc2C1c1ccc(OCc2ccc(Cl)cc2)cc1. The molecule has 1 aliphatic heterocycles. The van der Waals surface area contributed by atoms with Crippen molar-refractivity contribution >= 4 is 23.3 Å². The molecule has 1 atom stereocenters. The van der Waals surface area contributed by atoms with Crippen molar-refractivity contribution in [2.75, 3.05) is 0 Å². The second-order valence-corrected chi connectivity index (χ2v) is 9.24. The van der Waals surface area contributed by atoms with Gasteiger partial charge >= 0.3 is 5.97 Å². The number of non-ortho nitro benzene ring substituents is 1. The average Bonchev–Trinajstić information content (AvgIpc) is 2.96. The lowest BCUT2D eigenvalue weighted by molar-refractivity contribution is -0.384. The zero-order chi connectivity index (χ0) is 28.2. The molecule has 0 radical (unpaired) electrons. The van der Waals surface area contributed by atoms with Gasteiger partial charge in [0.05, 0.1) is 16.4 Å². The van der Waals surface area contributed by atoms with Gasteiger partial charge in [-0.15, -0.1) is 0 Å². The summed E-state index contributed by atoms with van der Waals surface area (Å²) in [6.45, 7) is 0.366. The molecule has 0 spiro atoms. The van der Waals surface area contributed by atoms with Crippen molar-refractivity contribution in [3.63, 3.8) is 0 Å². The van der Waals surface area contributed by atoms with E-state index >= 15 is 0 Å². The van der Waals surface area contributed by atoms with Gasteiger partial charge in [-0.25, -0.2) is 4.79 Å². The maximum absolute atomic E-state index is 12.6. The molecule has 4 aromatic rings. The number of nitrogens with two attached hydrogens (primary N) is 1. The van der Waals surface area contributed by atoms with Gasteiger partial charge < -0.3 is 19.9 Å². The lowest BCUT2D eigenvalue weighted by atomic mass is 9.83. The van der Waals surface area contributed by atoms with E-state index in [9.17, 15) is 20.2 Å². The van der Waals surface area contributed by atoms with E-state index in [1.54, 1.807) is 36.4 Å². The molecular formula is C30H20ClN3O6. The Kier molecular flexibility index (Phi) is 7.35. The summed E-state index contributed by atoms with van der Waals surface area (Å²) in [6.07, 6.45) is 0. The Morgan fingerprint density at radius 3 is 2.45 bits per heavy atom. The van der Waals surface area contributed by atoms with E-state index in [0.717, 1.165) is 17.2 Å². The highest BCUT2D eigenvalue weighted by atomic mass is 35.5. The fourth-order valence-corrected chi connectivity index (χ4v) is 4.38. The van der Waals surface area contributed by atoms with Crippen LogP contribution < -0.4 is 19.9 Å². The molecule has 1 unspecified atom stereocenters. The van der Waals surface area contributed by atoms with Crippen LogP contribution in [-0.2, 0) is 6.61 Å². The van der Waals surface area contributed by atoms with Gasteiger partial charge in [-0.05, 0) is 47.5 Å². The van der Waals surface area contributed by atoms with Gasteiger partial charge in [0, 0.05) is 28.8 Å². The molecule has 0 bridgehead atoms. The number of nitro benzene ring substituents is 1. The van der Waals surface area contributed by atoms with Crippen LogP contribution in [0.1, 0.15) is 33.0 Å². The van der Waals surface area contributed by atoms with E-state index in [-0.39, 0.29) is 28.5 Å². The molecule has 5 rings (SSSR count). The molecule has 0 saturated carbocycles. The van der Waals surface area contributed by atoms with E-state index in [1.807, 2.05) is 24.3 Å². The van der Waals surface area contributed by atoms with Crippen LogP contribution in [0.4, 0.5) is 5.69 Å². The monoisotopic (exact) mass is 553 g/mol. The zero-order valence-corrected chi connectivity index (χ0v) is 21.5. The number of halogens is 1. The Morgan fingerprint density at radius 2 is 1.75 bits per heavy atom. The van der Waals surface area contributed by atoms with Crippen LogP contribution in [-0.4, -0.2) is 10.9 Å². The molecule has 198 valence electrons. The summed E-state index contributed by atoms with van der Waals surface area (Å²) < 4.78 is 17.0. The fourth-order valence-electron chi connectivity index (χ4n) is 4.26. The van der Waals surface area contributed by atoms with Gasteiger partial charge in [0.15, 0.2) is 0 Å². The Balaban J connectivity index is 1.37. The Bertz CT molecular complexity index is 1680. The molecule has 9 nitrogen and oxygen atoms in total. The van der Waals surface area contributed by atoms with Gasteiger partial charge in [0.2, 0.25) is 5.88 Å². The molecule has 40 heavy (non-hydrogen) atoms. The highest BCUT2D eigenvalue weighted by Gasteiger charge is 2.31. The number of nitrogens with zero attached hydrogens (tertiary/aromatic N) is 2. The molecular weight excluding hydrogens is 534 g/mol. The molecule has 0 aliphatic carbocycles. The molecule has 1 aliphatic rings. The predicted octanol–water partition coefficient (Wildman–Crippen LogP) is 6.26. The topological polar surface area (TPSA) is 138 Å². The Labute approximate surface area is 233 Å². The second-order valence-electron chi connectivity index (χ2n) is 8.81. The minimum absolute atomic E-state index is 0.0234. The number of fused-ring (bicyclic) bond motifs is 1. The summed E-state index contributed by atoms with van der Waals surface area (Å²) >= 11 is 5.93. The van der Waals surface area contributed by atoms with E-state index in [4.69, 9.17) is 31.5 Å². The Morgan fingerprint density at radius 1 is 1.02 bits per heavy atom. The normalized spacial score (nSPS) is 13.9. The van der Waals surface area contributed by atoms with Gasteiger partial charge in [0.25, 0.3) is 5.69 Å². The van der Waals surface area contributed by atoms with Crippen molar-refractivity contribution in [2.24, 2.45) is 5.73 Å². The van der Waals surface area contributed by atoms with Crippen molar-refractivity contribution in [3.05, 3.63) is 140 Å². The largest absolute Gasteiger partial charge is 0.489 e. The predicted molar refractivity (Wildman–Crippen MR) is 146 cm³/mol. The molecule has 10 heteroatoms. The summed E-state index contributed by atoms with van der Waals surface area (Å²) in [5.41, 5.74) is 8.54. The highest BCUT2D eigenvalue weighted by Crippen LogP contribution is 2.43. The third-order valence-electron chi connectivity index (χ3n) is 6.23. The summed E-state index contributed by atoms with van der Waals surface area (Å²) in [7, 11) is 0. The first-order valence-corrected chi connectivity index (χ1v) is 12.4. The van der Waals surface area contributed by atoms with Crippen LogP contribution >= 0.6 is 11.6 Å². The van der Waals surface area contributed by atoms with Crippen molar-refractivity contribution < 1.29 is 23.9 Å². The highest BCUT2D eigenvalue weighted by molar-refractivity contribution is 6.30. The molecule has 0 saturated heterocycles. The first kappa shape index (κ1) is 26.3. The van der Waals surface area contributed by atoms with Gasteiger partial charge in [-0.3, -0.25) is 10.1 Å². The number of hydrogen-bond acceptors (Lipinski definition) is 8. The third-order valence-corrected chi connectivity index (χ3v) is 6.48. The number of allylic oxidation sites excluding steroid dienone is 1. The van der Waals surface area contributed by atoms with Crippen LogP contribution in [0.2, 0.25) is 5.02 Å². The lowest BCUT2D eigenvalue weighted by Crippen LogP contribution is -2.21. The summed E-state index contributed by atoms with van der Waals surface area (Å²) in [5, 5.41) is 21.5. The minimum atomic E-state index is -0.772. The number of rotatable bonds is 7. The smallest absolute Gasteiger partial charge is 0.343 e. The molecule has 4 aromatic carbocycles. The molecule has 0 aromatic heterocycles. The molecule has 1 heterocycles. The summed E-state index contributed by atoms with van der Waals surface area (Å²) in [4.78, 5) is 23.1. The van der Waals surface area contributed by atoms with Gasteiger partial charge in [-0.1, -0.05) is 48.0 Å². The number of esters is 1. The number of hydrogen-bond donors (Lipinski definition) is 1. The number of nitriles is 1. The number of benzene rings is 4. The van der Waals surface area contributed by atoms with Crippen LogP contribution in [0.3, 0.4) is 0 Å². The molecule has 2 N–H and O–H groups in total. The average molecular weight is 554 g/mol. The van der Waals surface area contributed by atoms with Crippen molar-refractivity contribution in [2.45, 2.75) is 12.5 Å². The maximum atomic E-state index is 12.6. The summed E-state index contributed by atoms with van der Waals surface area (Å²) in [5.74, 6) is -0.260. The van der Waals surface area contributed by atoms with Gasteiger partial charge in [0.1, 0.15) is 35.5 Å². The van der Waals surface area contributed by atoms with Crippen molar-refractivity contribution in [1.82, 2.24) is 0 Å². The number of carbonyl (C=O) groups is 1. The second kappa shape index (κ2) is 11.2. The zero-order valence-electron chi connectivity index (χ0n) is 20.7. The van der Waals surface area contributed by atoms with E-state index in [1.165, 1.54) is 24.3 Å². The van der Waals surface area contributed by atoms with Crippen LogP contribution in [0, 0.1) is 21.4 Å². The van der Waals surface area contributed by atoms with Crippen LogP contribution in [0.5, 0.6) is 17.2 Å². The first-order chi connectivity index (χ1) is 19.3. The Hall–Kier alpha value is -5.33. The number of nitro groups is 1. The van der Waals surface area contributed by atoms with Crippen LogP contribution in [0.15, 0.2) is 102 Å². The van der Waals surface area contributed by atoms with E-state index < -0.39 is 16.8 Å². The maximum Gasteiger partial charge on any atom is 0.343 e. The van der Waals surface area contributed by atoms with Gasteiger partial charge in [-0.2, -0.15) is 5.26 Å². The summed E-state index contributed by atoms with van der Waals surface area (Å²) in [6, 6.07) is 26.8. The van der Waals surface area contributed by atoms with Crippen molar-refractivity contribution in [1.29, 1.82) is 5.26 Å². The first-order valence-electron chi connectivity index (χ1n) is 12.0. The van der Waals surface area contributed by atoms with E-state index in [0.29, 0.717) is 28.7 Å². The third kappa shape index (κ3) is 5.57. The standard InChI is InChI=1S/C30H20ClN3O6/c31-21-8-4-18(5-9-21)17-38-23-10-6-19(7-11-23)28-25-13-12-24(15-27(25)40-29(33)26(28)16-32)39-30(35)20-2-1-3-22(14-20)34(36)37/h1-15,28H,17,33H2. The quantitative estimate of drug-likeness (QED) is 0.122. The van der Waals surface area contributed by atoms with Crippen molar-refractivity contribution in [3.8, 4) is 23.3 Å². The van der Waals surface area contributed by atoms with E-state index in [2.05, 4.69) is 6.07 Å². The molecule has 0 amide bonds. The van der Waals surface area contributed by atoms with Crippen LogP contribution in [0.25, 0.3) is 0 Å². The minimum Gasteiger partial charge on any atom is -0.489 e. The number of ether oxygens (including phenoxy) is 3.